The Morgan fingerprint density at radius 2 is 1.67 bits per heavy atom. The maximum Gasteiger partial charge on any atom is 0.332 e. The van der Waals surface area contributed by atoms with E-state index >= 15 is 0 Å². The zero-order valence-corrected chi connectivity index (χ0v) is 16.5. The lowest BCUT2D eigenvalue weighted by molar-refractivity contribution is -0.0194. The van der Waals surface area contributed by atoms with Gasteiger partial charge in [-0.3, -0.25) is 0 Å². The topological polar surface area (TPSA) is 9.23 Å². The zero-order valence-electron chi connectivity index (χ0n) is 15.0. The summed E-state index contributed by atoms with van der Waals surface area (Å²) in [6, 6.07) is 9.05. The zero-order chi connectivity index (χ0) is 19.6. The molecular formula is C21H21BrF4O. The number of halogens is 5. The third kappa shape index (κ3) is 4.72. The van der Waals surface area contributed by atoms with Gasteiger partial charge < -0.3 is 4.74 Å². The van der Waals surface area contributed by atoms with Crippen LogP contribution < -0.4 is 0 Å². The van der Waals surface area contributed by atoms with Gasteiger partial charge >= 0.3 is 4.83 Å². The molecule has 2 atom stereocenters. The number of rotatable bonds is 5. The second-order valence-corrected chi connectivity index (χ2v) is 7.98. The largest absolute Gasteiger partial charge is 0.373 e. The van der Waals surface area contributed by atoms with Gasteiger partial charge in [0.2, 0.25) is 0 Å². The van der Waals surface area contributed by atoms with Crippen molar-refractivity contribution in [3.8, 4) is 11.1 Å². The van der Waals surface area contributed by atoms with Crippen molar-refractivity contribution in [3.05, 3.63) is 59.2 Å². The number of hydrogen-bond acceptors (Lipinski definition) is 1. The molecule has 2 aromatic carbocycles. The molecule has 1 heterocycles. The van der Waals surface area contributed by atoms with E-state index in [1.807, 2.05) is 28.1 Å². The fourth-order valence-corrected chi connectivity index (χ4v) is 3.98. The molecule has 1 nitrogen and oxygen atoms in total. The summed E-state index contributed by atoms with van der Waals surface area (Å²) in [5, 5.41) is 0. The van der Waals surface area contributed by atoms with Gasteiger partial charge in [-0.2, -0.15) is 8.78 Å². The third-order valence-corrected chi connectivity index (χ3v) is 5.41. The predicted octanol–water partition coefficient (Wildman–Crippen LogP) is 7.34. The molecule has 0 amide bonds. The Bertz CT molecular complexity index is 755. The monoisotopic (exact) mass is 444 g/mol. The molecule has 0 N–H and O–H groups in total. The highest BCUT2D eigenvalue weighted by Gasteiger charge is 2.35. The molecule has 27 heavy (non-hydrogen) atoms. The van der Waals surface area contributed by atoms with Crippen molar-refractivity contribution in [3.63, 3.8) is 0 Å². The molecule has 0 saturated carbocycles. The minimum atomic E-state index is -3.75. The van der Waals surface area contributed by atoms with Gasteiger partial charge in [-0.25, -0.2) is 8.78 Å². The molecule has 6 heteroatoms. The molecule has 3 rings (SSSR count). The van der Waals surface area contributed by atoms with Crippen LogP contribution in [0, 0.1) is 17.6 Å². The molecule has 0 radical (unpaired) electrons. The molecule has 1 aliphatic heterocycles. The summed E-state index contributed by atoms with van der Waals surface area (Å²) in [4.78, 5) is -3.75. The van der Waals surface area contributed by atoms with Crippen LogP contribution in [0.1, 0.15) is 49.8 Å². The van der Waals surface area contributed by atoms with Gasteiger partial charge in [-0.05, 0) is 69.9 Å². The van der Waals surface area contributed by atoms with E-state index in [-0.39, 0.29) is 11.7 Å². The van der Waals surface area contributed by atoms with E-state index in [0.717, 1.165) is 43.6 Å². The first kappa shape index (κ1) is 20.3. The number of benzene rings is 2. The Hall–Kier alpha value is -1.40. The Labute approximate surface area is 164 Å². The molecule has 1 saturated heterocycles. The molecule has 0 aliphatic carbocycles. The standard InChI is InChI=1S/C21H21BrF4O/c1-2-3-13-4-9-19(27-12-13)15-7-5-14(6-8-15)16-10-17(23)20(18(24)11-16)21(22,25)26/h5-8,10-11,13,19H,2-4,9,12H2,1H3. The maximum absolute atomic E-state index is 14.0. The van der Waals surface area contributed by atoms with Gasteiger partial charge in [0, 0.05) is 0 Å². The smallest absolute Gasteiger partial charge is 0.332 e. The van der Waals surface area contributed by atoms with Crippen LogP contribution >= 0.6 is 15.9 Å². The van der Waals surface area contributed by atoms with Crippen molar-refractivity contribution < 1.29 is 22.3 Å². The number of hydrogen-bond donors (Lipinski definition) is 0. The normalized spacial score (nSPS) is 20.7. The summed E-state index contributed by atoms with van der Waals surface area (Å²) in [6.45, 7) is 2.92. The van der Waals surface area contributed by atoms with E-state index in [1.54, 1.807) is 12.1 Å². The van der Waals surface area contributed by atoms with Crippen LogP contribution in [-0.2, 0) is 9.57 Å². The summed E-state index contributed by atoms with van der Waals surface area (Å²) in [5.41, 5.74) is 0.503. The van der Waals surface area contributed by atoms with E-state index in [2.05, 4.69) is 6.92 Å². The summed E-state index contributed by atoms with van der Waals surface area (Å²) >= 11 is 2.01. The summed E-state index contributed by atoms with van der Waals surface area (Å²) in [6.07, 6.45) is 4.42. The van der Waals surface area contributed by atoms with Crippen molar-refractivity contribution in [1.29, 1.82) is 0 Å². The highest BCUT2D eigenvalue weighted by Crippen LogP contribution is 2.39. The van der Waals surface area contributed by atoms with Crippen molar-refractivity contribution in [1.82, 2.24) is 0 Å². The highest BCUT2D eigenvalue weighted by molar-refractivity contribution is 9.09. The van der Waals surface area contributed by atoms with Gasteiger partial charge in [-0.15, -0.1) is 0 Å². The average Bonchev–Trinajstić information content (AvgIpc) is 2.61. The molecule has 0 spiro atoms. The molecule has 0 bridgehead atoms. The fraction of sp³-hybridized carbons (Fsp3) is 0.429. The van der Waals surface area contributed by atoms with E-state index in [4.69, 9.17) is 4.74 Å². The van der Waals surface area contributed by atoms with E-state index in [1.165, 1.54) is 6.42 Å². The van der Waals surface area contributed by atoms with Crippen LogP contribution in [0.4, 0.5) is 17.6 Å². The van der Waals surface area contributed by atoms with Crippen molar-refractivity contribution >= 4 is 15.9 Å². The Balaban J connectivity index is 1.76. The average molecular weight is 445 g/mol. The van der Waals surface area contributed by atoms with Gasteiger partial charge in [0.1, 0.15) is 17.2 Å². The van der Waals surface area contributed by atoms with Crippen LogP contribution in [-0.4, -0.2) is 6.61 Å². The van der Waals surface area contributed by atoms with Crippen LogP contribution in [0.3, 0.4) is 0 Å². The lowest BCUT2D eigenvalue weighted by atomic mass is 9.91. The van der Waals surface area contributed by atoms with Gasteiger partial charge in [0.15, 0.2) is 0 Å². The minimum absolute atomic E-state index is 0.0232. The fourth-order valence-electron chi connectivity index (χ4n) is 3.61. The predicted molar refractivity (Wildman–Crippen MR) is 101 cm³/mol. The Morgan fingerprint density at radius 1 is 1.04 bits per heavy atom. The van der Waals surface area contributed by atoms with E-state index < -0.39 is 22.0 Å². The molecule has 0 aromatic heterocycles. The molecule has 2 aromatic rings. The quantitative estimate of drug-likeness (QED) is 0.346. The maximum atomic E-state index is 14.0. The SMILES string of the molecule is CCCC1CCC(c2ccc(-c3cc(F)c(C(F)(F)Br)c(F)c3)cc2)OC1. The molecular weight excluding hydrogens is 424 g/mol. The molecule has 1 fully saturated rings. The summed E-state index contributed by atoms with van der Waals surface area (Å²) in [7, 11) is 0. The molecule has 1 aliphatic rings. The van der Waals surface area contributed by atoms with Crippen molar-refractivity contribution in [2.75, 3.05) is 6.61 Å². The van der Waals surface area contributed by atoms with E-state index in [0.29, 0.717) is 11.5 Å². The molecule has 2 unspecified atom stereocenters. The number of alkyl halides is 3. The van der Waals surface area contributed by atoms with Crippen LogP contribution in [0.2, 0.25) is 0 Å². The van der Waals surface area contributed by atoms with Crippen molar-refractivity contribution in [2.24, 2.45) is 5.92 Å². The van der Waals surface area contributed by atoms with Gasteiger partial charge in [0.05, 0.1) is 12.7 Å². The lowest BCUT2D eigenvalue weighted by Crippen LogP contribution is -2.20. The van der Waals surface area contributed by atoms with Crippen LogP contribution in [0.15, 0.2) is 36.4 Å². The lowest BCUT2D eigenvalue weighted by Gasteiger charge is -2.29. The number of ether oxygens (including phenoxy) is 1. The van der Waals surface area contributed by atoms with E-state index in [9.17, 15) is 17.6 Å². The summed E-state index contributed by atoms with van der Waals surface area (Å²) in [5.74, 6) is -1.95. The first-order chi connectivity index (χ1) is 12.8. The van der Waals surface area contributed by atoms with Crippen LogP contribution in [0.5, 0.6) is 0 Å². The Kier molecular flexibility index (Phi) is 6.26. The second-order valence-electron chi connectivity index (χ2n) is 6.99. The van der Waals surface area contributed by atoms with Crippen molar-refractivity contribution in [2.45, 2.75) is 43.5 Å². The highest BCUT2D eigenvalue weighted by atomic mass is 79.9. The Morgan fingerprint density at radius 3 is 2.15 bits per heavy atom. The second kappa shape index (κ2) is 8.31. The van der Waals surface area contributed by atoms with Gasteiger partial charge in [-0.1, -0.05) is 37.6 Å². The van der Waals surface area contributed by atoms with Gasteiger partial charge in [0.25, 0.3) is 0 Å². The first-order valence-corrected chi connectivity index (χ1v) is 9.87. The first-order valence-electron chi connectivity index (χ1n) is 9.07. The summed E-state index contributed by atoms with van der Waals surface area (Å²) < 4.78 is 60.5. The van der Waals surface area contributed by atoms with Crippen LogP contribution in [0.25, 0.3) is 11.1 Å². The molecule has 146 valence electrons. The minimum Gasteiger partial charge on any atom is -0.373 e. The third-order valence-electron chi connectivity index (χ3n) is 5.01.